The van der Waals surface area contributed by atoms with Crippen molar-refractivity contribution in [3.63, 3.8) is 0 Å². The largest absolute Gasteiger partial charge is 0.473 e. The summed E-state index contributed by atoms with van der Waals surface area (Å²) in [5, 5.41) is 9.65. The molecule has 13 aromatic carbocycles. The Morgan fingerprint density at radius 2 is 0.929 bits per heavy atom. The lowest BCUT2D eigenvalue weighted by atomic mass is 9.67. The average molecular weight is 1080 g/mol. The molecule has 2 atom stereocenters. The summed E-state index contributed by atoms with van der Waals surface area (Å²) in [6, 6.07) is 95.3. The number of hydrogen-bond acceptors (Lipinski definition) is 2. The van der Waals surface area contributed by atoms with E-state index in [0.29, 0.717) is 0 Å². The highest BCUT2D eigenvalue weighted by molar-refractivity contribution is 6.05. The van der Waals surface area contributed by atoms with E-state index < -0.39 is 16.6 Å². The molecule has 84 heavy (non-hydrogen) atoms. The molecule has 0 N–H and O–H groups in total. The molecule has 2 unspecified atom stereocenters. The zero-order chi connectivity index (χ0) is 55.3. The van der Waals surface area contributed by atoms with E-state index in [1.807, 2.05) is 7.11 Å². The molecule has 1 spiro atoms. The Balaban J connectivity index is 0.00000577. The quantitative estimate of drug-likeness (QED) is 0.165. The highest BCUT2D eigenvalue weighted by Crippen LogP contribution is 2.60. The maximum Gasteiger partial charge on any atom is 0.179 e. The molecule has 0 amide bonds. The molecule has 0 saturated carbocycles. The molecule has 2 heteroatoms. The van der Waals surface area contributed by atoms with Crippen molar-refractivity contribution < 1.29 is 9.47 Å². The van der Waals surface area contributed by atoms with E-state index in [2.05, 4.69) is 288 Å². The van der Waals surface area contributed by atoms with Crippen molar-refractivity contribution in [2.24, 2.45) is 0 Å². The summed E-state index contributed by atoms with van der Waals surface area (Å²) in [5.74, 6) is 0.854. The summed E-state index contributed by atoms with van der Waals surface area (Å²) in [4.78, 5) is 0. The number of allylic oxidation sites excluding steroid dienone is 1. The van der Waals surface area contributed by atoms with Gasteiger partial charge in [0.05, 0.1) is 5.41 Å². The molecular formula is C82H60O2. The van der Waals surface area contributed by atoms with Gasteiger partial charge in [0.1, 0.15) is 11.4 Å². The fourth-order valence-electron chi connectivity index (χ4n) is 15.4. The molecule has 13 aromatic rings. The van der Waals surface area contributed by atoms with E-state index in [1.165, 1.54) is 99.1 Å². The topological polar surface area (TPSA) is 18.5 Å². The Morgan fingerprint density at radius 1 is 0.417 bits per heavy atom. The average Bonchev–Trinajstić information content (AvgIpc) is 1.58. The molecule has 0 fully saturated rings. The SMILES string of the molecule is C.COC1(/C=C(\C)c2cccc(C3=CC4(Oc5ccc6cc(C7(c8ccc9c(C)c(C)ccc9c8)c8ccccc8-c8ccccc87)ccc6c53)c3ccccc3-c3cc5ccccc5cc34)c2)c2ccccc2-c2cc3ccccc3cc21. The molecular weight excluding hydrogens is 1020 g/mol. The number of aryl methyl sites for hydroxylation is 2. The first-order valence-corrected chi connectivity index (χ1v) is 29.1. The molecule has 1 heterocycles. The molecule has 0 aromatic heterocycles. The molecule has 400 valence electrons. The van der Waals surface area contributed by atoms with Crippen molar-refractivity contribution >= 4 is 54.2 Å². The van der Waals surface area contributed by atoms with Gasteiger partial charge in [0, 0.05) is 34.9 Å². The van der Waals surface area contributed by atoms with Gasteiger partial charge in [-0.2, -0.15) is 0 Å². The lowest BCUT2D eigenvalue weighted by molar-refractivity contribution is 0.0699. The van der Waals surface area contributed by atoms with Crippen LogP contribution < -0.4 is 4.74 Å². The zero-order valence-corrected chi connectivity index (χ0v) is 46.7. The van der Waals surface area contributed by atoms with Gasteiger partial charge in [0.15, 0.2) is 5.60 Å². The van der Waals surface area contributed by atoms with Gasteiger partial charge in [0.2, 0.25) is 0 Å². The van der Waals surface area contributed by atoms with E-state index in [1.54, 1.807) is 0 Å². The number of fused-ring (bicyclic) bond motifs is 17. The van der Waals surface area contributed by atoms with Crippen molar-refractivity contribution in [1.29, 1.82) is 0 Å². The monoisotopic (exact) mass is 1080 g/mol. The van der Waals surface area contributed by atoms with Crippen LogP contribution in [0.25, 0.3) is 87.6 Å². The van der Waals surface area contributed by atoms with Crippen LogP contribution in [0, 0.1) is 13.8 Å². The van der Waals surface area contributed by atoms with E-state index in [4.69, 9.17) is 9.47 Å². The van der Waals surface area contributed by atoms with Crippen LogP contribution in [0.2, 0.25) is 0 Å². The van der Waals surface area contributed by atoms with Crippen LogP contribution in [0.5, 0.6) is 5.75 Å². The molecule has 0 saturated heterocycles. The Kier molecular flexibility index (Phi) is 10.9. The van der Waals surface area contributed by atoms with Gasteiger partial charge in [-0.25, -0.2) is 0 Å². The summed E-state index contributed by atoms with van der Waals surface area (Å²) in [7, 11) is 1.86. The first kappa shape index (κ1) is 49.9. The van der Waals surface area contributed by atoms with Crippen LogP contribution in [0.1, 0.15) is 86.7 Å². The molecule has 1 aliphatic heterocycles. The number of methoxy groups -OCH3 is 1. The van der Waals surface area contributed by atoms with Gasteiger partial charge in [-0.15, -0.1) is 0 Å². The molecule has 2 nitrogen and oxygen atoms in total. The van der Waals surface area contributed by atoms with Crippen LogP contribution in [-0.4, -0.2) is 7.11 Å². The Labute approximate surface area is 491 Å². The maximum atomic E-state index is 7.80. The van der Waals surface area contributed by atoms with E-state index in [0.717, 1.165) is 66.6 Å². The summed E-state index contributed by atoms with van der Waals surface area (Å²) in [5.41, 5.74) is 23.0. The van der Waals surface area contributed by atoms with Gasteiger partial charge < -0.3 is 9.47 Å². The first-order valence-electron chi connectivity index (χ1n) is 29.1. The van der Waals surface area contributed by atoms with Crippen LogP contribution in [-0.2, 0) is 21.4 Å². The molecule has 4 aliphatic rings. The Morgan fingerprint density at radius 3 is 1.57 bits per heavy atom. The van der Waals surface area contributed by atoms with Gasteiger partial charge >= 0.3 is 0 Å². The maximum absolute atomic E-state index is 7.80. The minimum absolute atomic E-state index is 0. The third-order valence-corrected chi connectivity index (χ3v) is 19.4. The summed E-state index contributed by atoms with van der Waals surface area (Å²) >= 11 is 0. The molecule has 0 bridgehead atoms. The second-order valence-corrected chi connectivity index (χ2v) is 23.5. The Hall–Kier alpha value is -9.86. The van der Waals surface area contributed by atoms with E-state index in [-0.39, 0.29) is 7.43 Å². The number of hydrogen-bond donors (Lipinski definition) is 0. The number of rotatable bonds is 6. The van der Waals surface area contributed by atoms with Crippen molar-refractivity contribution in [2.75, 3.05) is 7.11 Å². The van der Waals surface area contributed by atoms with Crippen LogP contribution in [0.3, 0.4) is 0 Å². The molecule has 3 aliphatic carbocycles. The minimum Gasteiger partial charge on any atom is -0.473 e. The normalized spacial score (nSPS) is 17.4. The second kappa shape index (κ2) is 18.3. The summed E-state index contributed by atoms with van der Waals surface area (Å²) < 4.78 is 14.6. The highest BCUT2D eigenvalue weighted by Gasteiger charge is 2.49. The van der Waals surface area contributed by atoms with Gasteiger partial charge in [-0.05, 0) is 214 Å². The van der Waals surface area contributed by atoms with Crippen LogP contribution >= 0.6 is 0 Å². The molecule has 17 rings (SSSR count). The number of ether oxygens (including phenoxy) is 2. The smallest absolute Gasteiger partial charge is 0.179 e. The lowest BCUT2D eigenvalue weighted by Gasteiger charge is -2.37. The fraction of sp³-hybridized carbons (Fsp3) is 0.0976. The lowest BCUT2D eigenvalue weighted by Crippen LogP contribution is -2.33. The third-order valence-electron chi connectivity index (χ3n) is 19.4. The predicted molar refractivity (Wildman–Crippen MR) is 350 cm³/mol. The van der Waals surface area contributed by atoms with E-state index >= 15 is 0 Å². The van der Waals surface area contributed by atoms with Crippen LogP contribution in [0.4, 0.5) is 0 Å². The second-order valence-electron chi connectivity index (χ2n) is 23.5. The van der Waals surface area contributed by atoms with Crippen molar-refractivity contribution in [3.05, 3.63) is 339 Å². The zero-order valence-electron chi connectivity index (χ0n) is 46.7. The van der Waals surface area contributed by atoms with Crippen molar-refractivity contribution in [1.82, 2.24) is 0 Å². The van der Waals surface area contributed by atoms with E-state index in [9.17, 15) is 0 Å². The fourth-order valence-corrected chi connectivity index (χ4v) is 15.4. The van der Waals surface area contributed by atoms with Gasteiger partial charge in [-0.3, -0.25) is 0 Å². The Bertz CT molecular complexity index is 5000. The number of benzene rings is 13. The standard InChI is InChI=1S/C81H56O2.CH4/c1-49-32-33-58-41-60(35-37-62(58)51(49)3)81(73-30-15-11-24-64(73)65-25-12-16-31-74(65)81)61-36-38-63-59(42-61)34-39-77-78(63)70(48-80(83-77)72-29-14-10-27-67(72)69-44-54-19-6-8-21-56(54)46-76(69)80)57-23-17-22-52(40-57)50(2)47-79(82-4)71-28-13-9-26-66(71)68-43-53-18-5-7-20-55(53)45-75(68)79;/h5-48H,1-4H3;1H4/b50-47+;. The highest BCUT2D eigenvalue weighted by atomic mass is 16.5. The predicted octanol–water partition coefficient (Wildman–Crippen LogP) is 20.6. The molecule has 0 radical (unpaired) electrons. The van der Waals surface area contributed by atoms with Crippen molar-refractivity contribution in [3.8, 4) is 39.1 Å². The summed E-state index contributed by atoms with van der Waals surface area (Å²) in [6.07, 6.45) is 4.81. The third kappa shape index (κ3) is 6.77. The first-order chi connectivity index (χ1) is 40.8. The van der Waals surface area contributed by atoms with Gasteiger partial charge in [-0.1, -0.05) is 214 Å². The van der Waals surface area contributed by atoms with Crippen molar-refractivity contribution in [2.45, 2.75) is 44.8 Å². The van der Waals surface area contributed by atoms with Gasteiger partial charge in [0.25, 0.3) is 0 Å². The van der Waals surface area contributed by atoms with Crippen LogP contribution in [0.15, 0.2) is 267 Å². The minimum atomic E-state index is -0.915. The summed E-state index contributed by atoms with van der Waals surface area (Å²) in [6.45, 7) is 6.70.